The van der Waals surface area contributed by atoms with Crippen LogP contribution in [-0.4, -0.2) is 20.6 Å². The highest BCUT2D eigenvalue weighted by molar-refractivity contribution is 5.94. The molecule has 0 aliphatic carbocycles. The van der Waals surface area contributed by atoms with Crippen molar-refractivity contribution in [3.63, 3.8) is 0 Å². The van der Waals surface area contributed by atoms with Crippen molar-refractivity contribution >= 4 is 22.9 Å². The van der Waals surface area contributed by atoms with E-state index in [-0.39, 0.29) is 24.7 Å². The van der Waals surface area contributed by atoms with Crippen LogP contribution in [0.25, 0.3) is 16.9 Å². The van der Waals surface area contributed by atoms with Gasteiger partial charge in [0.1, 0.15) is 0 Å². The monoisotopic (exact) mass is 356 g/mol. The first kappa shape index (κ1) is 19.7. The standard InChI is InChI=1S/C19H24N4O2.CH4/c1-11-7-8-14-15(9-11)23(16-10-12(2)22-25-16)18(20-14)21-17(24)13(3)19(4,5)6;/h7-10,13H,1-6H3,(H,20,21,24);1H4/t13-;/m1./s1. The van der Waals surface area contributed by atoms with Gasteiger partial charge in [0.2, 0.25) is 17.7 Å². The molecule has 0 aliphatic heterocycles. The van der Waals surface area contributed by atoms with Crippen molar-refractivity contribution in [3.8, 4) is 5.88 Å². The summed E-state index contributed by atoms with van der Waals surface area (Å²) in [4.78, 5) is 17.3. The number of carbonyl (C=O) groups is 1. The molecule has 2 heterocycles. The summed E-state index contributed by atoms with van der Waals surface area (Å²) in [5.74, 6) is 0.734. The average molecular weight is 356 g/mol. The Kier molecular flexibility index (Phi) is 5.26. The van der Waals surface area contributed by atoms with Gasteiger partial charge in [-0.1, -0.05) is 46.3 Å². The maximum atomic E-state index is 12.7. The van der Waals surface area contributed by atoms with Gasteiger partial charge >= 0.3 is 0 Å². The molecule has 0 saturated heterocycles. The van der Waals surface area contributed by atoms with Crippen molar-refractivity contribution in [1.29, 1.82) is 0 Å². The van der Waals surface area contributed by atoms with E-state index in [4.69, 9.17) is 4.52 Å². The van der Waals surface area contributed by atoms with Gasteiger partial charge in [-0.05, 0) is 37.0 Å². The number of fused-ring (bicyclic) bond motifs is 1. The van der Waals surface area contributed by atoms with E-state index in [1.54, 1.807) is 4.57 Å². The zero-order valence-corrected chi connectivity index (χ0v) is 15.5. The van der Waals surface area contributed by atoms with Crippen LogP contribution in [0.1, 0.15) is 46.4 Å². The summed E-state index contributed by atoms with van der Waals surface area (Å²) < 4.78 is 7.23. The number of carbonyl (C=O) groups excluding carboxylic acids is 1. The second-order valence-corrected chi connectivity index (χ2v) is 7.65. The Morgan fingerprint density at radius 3 is 2.50 bits per heavy atom. The molecule has 0 unspecified atom stereocenters. The SMILES string of the molecule is C.Cc1ccc2nc(NC(=O)[C@@H](C)C(C)(C)C)n(-c3cc(C)no3)c2c1. The molecule has 6 heteroatoms. The van der Waals surface area contributed by atoms with E-state index in [0.29, 0.717) is 11.8 Å². The first-order valence-electron chi connectivity index (χ1n) is 8.40. The Morgan fingerprint density at radius 2 is 1.92 bits per heavy atom. The normalized spacial score (nSPS) is 12.7. The van der Waals surface area contributed by atoms with Gasteiger partial charge in [-0.3, -0.25) is 10.1 Å². The minimum Gasteiger partial charge on any atom is -0.338 e. The number of nitrogens with one attached hydrogen (secondary N) is 1. The summed E-state index contributed by atoms with van der Waals surface area (Å²) in [6, 6.07) is 7.78. The predicted octanol–water partition coefficient (Wildman–Crippen LogP) is 4.89. The Bertz CT molecular complexity index is 931. The summed E-state index contributed by atoms with van der Waals surface area (Å²) in [5.41, 5.74) is 3.39. The Balaban J connectivity index is 0.00000243. The van der Waals surface area contributed by atoms with Crippen molar-refractivity contribution < 1.29 is 9.32 Å². The van der Waals surface area contributed by atoms with Gasteiger partial charge in [0.15, 0.2) is 0 Å². The summed E-state index contributed by atoms with van der Waals surface area (Å²) in [7, 11) is 0. The van der Waals surface area contributed by atoms with E-state index in [1.807, 2.05) is 65.8 Å². The van der Waals surface area contributed by atoms with Crippen LogP contribution in [0.4, 0.5) is 5.95 Å². The molecule has 1 N–H and O–H groups in total. The lowest BCUT2D eigenvalue weighted by Crippen LogP contribution is -2.31. The molecule has 0 fully saturated rings. The molecule has 2 aromatic heterocycles. The second-order valence-electron chi connectivity index (χ2n) is 7.65. The predicted molar refractivity (Wildman–Crippen MR) is 105 cm³/mol. The van der Waals surface area contributed by atoms with Crippen molar-refractivity contribution in [2.75, 3.05) is 5.32 Å². The van der Waals surface area contributed by atoms with Crippen molar-refractivity contribution in [2.45, 2.75) is 49.0 Å². The number of aryl methyl sites for hydroxylation is 2. The Hall–Kier alpha value is -2.63. The van der Waals surface area contributed by atoms with Crippen LogP contribution in [0.2, 0.25) is 0 Å². The highest BCUT2D eigenvalue weighted by atomic mass is 16.5. The quantitative estimate of drug-likeness (QED) is 0.725. The molecule has 3 aromatic rings. The highest BCUT2D eigenvalue weighted by Gasteiger charge is 2.28. The first-order valence-corrected chi connectivity index (χ1v) is 8.40. The minimum absolute atomic E-state index is 0. The van der Waals surface area contributed by atoms with Crippen molar-refractivity contribution in [1.82, 2.24) is 14.7 Å². The van der Waals surface area contributed by atoms with Crippen molar-refractivity contribution in [3.05, 3.63) is 35.5 Å². The van der Waals surface area contributed by atoms with E-state index < -0.39 is 0 Å². The van der Waals surface area contributed by atoms with E-state index in [2.05, 4.69) is 15.5 Å². The molecule has 1 aromatic carbocycles. The number of hydrogen-bond donors (Lipinski definition) is 1. The molecular weight excluding hydrogens is 328 g/mol. The van der Waals surface area contributed by atoms with Crippen LogP contribution in [-0.2, 0) is 4.79 Å². The zero-order chi connectivity index (χ0) is 18.4. The van der Waals surface area contributed by atoms with Gasteiger partial charge in [0, 0.05) is 12.0 Å². The zero-order valence-electron chi connectivity index (χ0n) is 15.5. The third-order valence-electron chi connectivity index (χ3n) is 4.57. The van der Waals surface area contributed by atoms with Crippen molar-refractivity contribution in [2.24, 2.45) is 11.3 Å². The van der Waals surface area contributed by atoms with Gasteiger partial charge < -0.3 is 4.52 Å². The molecule has 3 rings (SSSR count). The molecule has 0 saturated carbocycles. The van der Waals surface area contributed by atoms with Crippen LogP contribution in [0.3, 0.4) is 0 Å². The smallest absolute Gasteiger partial charge is 0.238 e. The second kappa shape index (κ2) is 6.94. The number of benzene rings is 1. The summed E-state index contributed by atoms with van der Waals surface area (Å²) in [6.07, 6.45) is 0. The van der Waals surface area contributed by atoms with Gasteiger partial charge in [-0.2, -0.15) is 0 Å². The fourth-order valence-electron chi connectivity index (χ4n) is 2.56. The maximum absolute atomic E-state index is 12.7. The Labute approximate surface area is 154 Å². The molecule has 140 valence electrons. The van der Waals surface area contributed by atoms with E-state index in [1.165, 1.54) is 0 Å². The molecule has 0 spiro atoms. The molecule has 6 nitrogen and oxygen atoms in total. The van der Waals surface area contributed by atoms with Gasteiger partial charge in [-0.15, -0.1) is 0 Å². The van der Waals surface area contributed by atoms with Crippen LogP contribution >= 0.6 is 0 Å². The number of aromatic nitrogens is 3. The third kappa shape index (κ3) is 3.64. The molecule has 0 radical (unpaired) electrons. The van der Waals surface area contributed by atoms with Crippen LogP contribution in [0.5, 0.6) is 0 Å². The fourth-order valence-corrected chi connectivity index (χ4v) is 2.56. The summed E-state index contributed by atoms with van der Waals surface area (Å²) in [5, 5.41) is 6.92. The molecule has 1 amide bonds. The lowest BCUT2D eigenvalue weighted by atomic mass is 9.81. The van der Waals surface area contributed by atoms with Crippen LogP contribution < -0.4 is 5.32 Å². The van der Waals surface area contributed by atoms with Gasteiger partial charge in [-0.25, -0.2) is 9.55 Å². The molecular formula is C20H28N4O2. The number of amides is 1. The topological polar surface area (TPSA) is 73.0 Å². The Morgan fingerprint density at radius 1 is 1.23 bits per heavy atom. The number of rotatable bonds is 3. The van der Waals surface area contributed by atoms with Gasteiger partial charge in [0.05, 0.1) is 16.7 Å². The number of imidazole rings is 1. The number of hydrogen-bond acceptors (Lipinski definition) is 4. The van der Waals surface area contributed by atoms with E-state index in [0.717, 1.165) is 22.3 Å². The number of nitrogens with zero attached hydrogens (tertiary/aromatic N) is 3. The van der Waals surface area contributed by atoms with Gasteiger partial charge in [0.25, 0.3) is 0 Å². The summed E-state index contributed by atoms with van der Waals surface area (Å²) in [6.45, 7) is 11.9. The van der Waals surface area contributed by atoms with E-state index in [9.17, 15) is 4.79 Å². The first-order chi connectivity index (χ1) is 11.7. The molecule has 26 heavy (non-hydrogen) atoms. The summed E-state index contributed by atoms with van der Waals surface area (Å²) >= 11 is 0. The number of anilines is 1. The minimum atomic E-state index is -0.168. The molecule has 1 atom stereocenters. The molecule has 0 bridgehead atoms. The lowest BCUT2D eigenvalue weighted by molar-refractivity contribution is -0.122. The molecule has 0 aliphatic rings. The third-order valence-corrected chi connectivity index (χ3v) is 4.57. The largest absolute Gasteiger partial charge is 0.338 e. The lowest BCUT2D eigenvalue weighted by Gasteiger charge is -2.25. The van der Waals surface area contributed by atoms with Crippen LogP contribution in [0, 0.1) is 25.2 Å². The maximum Gasteiger partial charge on any atom is 0.238 e. The highest BCUT2D eigenvalue weighted by Crippen LogP contribution is 2.29. The average Bonchev–Trinajstić information content (AvgIpc) is 3.08. The fraction of sp³-hybridized carbons (Fsp3) is 0.450. The van der Waals surface area contributed by atoms with E-state index >= 15 is 0 Å². The van der Waals surface area contributed by atoms with Crippen LogP contribution in [0.15, 0.2) is 28.8 Å².